The van der Waals surface area contributed by atoms with E-state index in [0.717, 1.165) is 5.56 Å². The van der Waals surface area contributed by atoms with Crippen LogP contribution in [0.1, 0.15) is 27.0 Å². The Hall–Kier alpha value is -2.13. The molecule has 0 unspecified atom stereocenters. The monoisotopic (exact) mass is 298 g/mol. The third kappa shape index (κ3) is 2.57. The van der Waals surface area contributed by atoms with Gasteiger partial charge in [0.2, 0.25) is 0 Å². The molecule has 0 atom stereocenters. The highest BCUT2D eigenvalue weighted by Crippen LogP contribution is 2.26. The van der Waals surface area contributed by atoms with Crippen LogP contribution in [0, 0.1) is 13.8 Å². The summed E-state index contributed by atoms with van der Waals surface area (Å²) in [4.78, 5) is 19.7. The van der Waals surface area contributed by atoms with Gasteiger partial charge in [0.25, 0.3) is 0 Å². The summed E-state index contributed by atoms with van der Waals surface area (Å²) in [5, 5.41) is 1.25. The first-order valence-electron chi connectivity index (χ1n) is 6.77. The molecule has 21 heavy (non-hydrogen) atoms. The molecule has 0 bridgehead atoms. The molecule has 0 saturated carbocycles. The molecular formula is C17H15ClN2O. The number of hydrogen-bond acceptors (Lipinski definition) is 2. The molecule has 4 heteroatoms. The van der Waals surface area contributed by atoms with Crippen LogP contribution < -0.4 is 0 Å². The van der Waals surface area contributed by atoms with Crippen molar-refractivity contribution < 1.29 is 4.79 Å². The quantitative estimate of drug-likeness (QED) is 0.734. The Bertz CT molecular complexity index is 836. The van der Waals surface area contributed by atoms with Crippen molar-refractivity contribution >= 4 is 28.4 Å². The highest BCUT2D eigenvalue weighted by Gasteiger charge is 2.15. The van der Waals surface area contributed by atoms with Crippen LogP contribution in [0.25, 0.3) is 11.0 Å². The fraction of sp³-hybridized carbons (Fsp3) is 0.176. The van der Waals surface area contributed by atoms with Gasteiger partial charge in [-0.05, 0) is 36.6 Å². The molecule has 1 N–H and O–H groups in total. The Labute approximate surface area is 128 Å². The van der Waals surface area contributed by atoms with Crippen LogP contribution in [0.3, 0.4) is 0 Å². The number of fused-ring (bicyclic) bond motifs is 1. The summed E-state index contributed by atoms with van der Waals surface area (Å²) < 4.78 is 0. The lowest BCUT2D eigenvalue weighted by Gasteiger charge is -2.05. The number of ketones is 1. The fourth-order valence-corrected chi connectivity index (χ4v) is 2.68. The minimum atomic E-state index is 0.0411. The molecular weight excluding hydrogens is 284 g/mol. The Morgan fingerprint density at radius 1 is 1.24 bits per heavy atom. The third-order valence-electron chi connectivity index (χ3n) is 3.76. The van der Waals surface area contributed by atoms with E-state index >= 15 is 0 Å². The third-order valence-corrected chi connectivity index (χ3v) is 4.07. The van der Waals surface area contributed by atoms with Gasteiger partial charge in [-0.1, -0.05) is 29.8 Å². The average molecular weight is 299 g/mol. The predicted octanol–water partition coefficient (Wildman–Crippen LogP) is 4.26. The summed E-state index contributed by atoms with van der Waals surface area (Å²) in [7, 11) is 0. The summed E-state index contributed by atoms with van der Waals surface area (Å²) >= 11 is 6.18. The Morgan fingerprint density at radius 2 is 2.05 bits per heavy atom. The second-order valence-corrected chi connectivity index (χ2v) is 5.64. The van der Waals surface area contributed by atoms with Gasteiger partial charge >= 0.3 is 0 Å². The van der Waals surface area contributed by atoms with E-state index in [1.165, 1.54) is 11.1 Å². The zero-order valence-electron chi connectivity index (χ0n) is 11.9. The van der Waals surface area contributed by atoms with E-state index in [1.807, 2.05) is 12.1 Å². The van der Waals surface area contributed by atoms with Crippen molar-refractivity contribution in [3.8, 4) is 0 Å². The zero-order valence-corrected chi connectivity index (χ0v) is 12.7. The van der Waals surface area contributed by atoms with Gasteiger partial charge in [-0.25, -0.2) is 4.98 Å². The van der Waals surface area contributed by atoms with Gasteiger partial charge in [0.15, 0.2) is 5.78 Å². The fourth-order valence-electron chi connectivity index (χ4n) is 2.43. The normalized spacial score (nSPS) is 11.0. The Morgan fingerprint density at radius 3 is 2.81 bits per heavy atom. The molecule has 0 fully saturated rings. The average Bonchev–Trinajstić information content (AvgIpc) is 2.88. The molecule has 0 saturated heterocycles. The standard InChI is InChI=1S/C17H15ClN2O/c1-10-3-4-12(7-11(10)2)8-15(21)13-9-20-17-16(13)14(18)5-6-19-17/h3-7,9H,8H2,1-2H3,(H,19,20). The number of benzene rings is 1. The van der Waals surface area contributed by atoms with Crippen LogP contribution >= 0.6 is 11.6 Å². The number of nitrogens with zero attached hydrogens (tertiary/aromatic N) is 1. The maximum atomic E-state index is 12.5. The molecule has 0 amide bonds. The first-order chi connectivity index (χ1) is 10.1. The molecule has 2 aromatic heterocycles. The van der Waals surface area contributed by atoms with E-state index in [9.17, 15) is 4.79 Å². The molecule has 0 aliphatic rings. The van der Waals surface area contributed by atoms with Crippen molar-refractivity contribution in [3.05, 3.63) is 63.9 Å². The lowest BCUT2D eigenvalue weighted by molar-refractivity contribution is 0.0994. The number of nitrogens with one attached hydrogen (secondary N) is 1. The first kappa shape index (κ1) is 13.8. The van der Waals surface area contributed by atoms with Crippen LogP contribution in [0.15, 0.2) is 36.7 Å². The molecule has 3 nitrogen and oxygen atoms in total. The number of aryl methyl sites for hydroxylation is 2. The van der Waals surface area contributed by atoms with Crippen molar-refractivity contribution in [2.75, 3.05) is 0 Å². The first-order valence-corrected chi connectivity index (χ1v) is 7.15. The summed E-state index contributed by atoms with van der Waals surface area (Å²) in [5.41, 5.74) is 4.68. The highest BCUT2D eigenvalue weighted by atomic mass is 35.5. The van der Waals surface area contributed by atoms with Crippen molar-refractivity contribution in [1.29, 1.82) is 0 Å². The van der Waals surface area contributed by atoms with Crippen molar-refractivity contribution in [1.82, 2.24) is 9.97 Å². The molecule has 2 heterocycles. The predicted molar refractivity (Wildman–Crippen MR) is 85.1 cm³/mol. The molecule has 1 aromatic carbocycles. The molecule has 0 aliphatic carbocycles. The minimum Gasteiger partial charge on any atom is -0.345 e. The molecule has 106 valence electrons. The van der Waals surface area contributed by atoms with Crippen LogP contribution in [0.4, 0.5) is 0 Å². The summed E-state index contributed by atoms with van der Waals surface area (Å²) in [6, 6.07) is 7.79. The largest absolute Gasteiger partial charge is 0.345 e. The van der Waals surface area contributed by atoms with E-state index in [1.54, 1.807) is 18.5 Å². The summed E-state index contributed by atoms with van der Waals surface area (Å²) in [6.07, 6.45) is 3.67. The molecule has 0 spiro atoms. The number of rotatable bonds is 3. The van der Waals surface area contributed by atoms with Gasteiger partial charge in [-0.15, -0.1) is 0 Å². The number of halogens is 1. The zero-order chi connectivity index (χ0) is 15.0. The number of hydrogen-bond donors (Lipinski definition) is 1. The van der Waals surface area contributed by atoms with Crippen LogP contribution in [0.2, 0.25) is 5.02 Å². The maximum absolute atomic E-state index is 12.5. The SMILES string of the molecule is Cc1ccc(CC(=O)c2c[nH]c3nccc(Cl)c23)cc1C. The number of aromatic nitrogens is 2. The second kappa shape index (κ2) is 5.34. The van der Waals surface area contributed by atoms with E-state index in [4.69, 9.17) is 11.6 Å². The van der Waals surface area contributed by atoms with E-state index in [-0.39, 0.29) is 5.78 Å². The minimum absolute atomic E-state index is 0.0411. The highest BCUT2D eigenvalue weighted by molar-refractivity contribution is 6.36. The number of carbonyl (C=O) groups is 1. The van der Waals surface area contributed by atoms with Crippen molar-refractivity contribution in [3.63, 3.8) is 0 Å². The lowest BCUT2D eigenvalue weighted by Crippen LogP contribution is -2.03. The molecule has 0 aliphatic heterocycles. The molecule has 0 radical (unpaired) electrons. The van der Waals surface area contributed by atoms with Gasteiger partial charge in [-0.3, -0.25) is 4.79 Å². The van der Waals surface area contributed by atoms with Crippen LogP contribution in [-0.4, -0.2) is 15.8 Å². The summed E-state index contributed by atoms with van der Waals surface area (Å²) in [6.45, 7) is 4.11. The van der Waals surface area contributed by atoms with E-state index < -0.39 is 0 Å². The van der Waals surface area contributed by atoms with Gasteiger partial charge in [0, 0.05) is 29.8 Å². The van der Waals surface area contributed by atoms with Crippen molar-refractivity contribution in [2.24, 2.45) is 0 Å². The Balaban J connectivity index is 1.95. The number of H-pyrrole nitrogens is 1. The number of pyridine rings is 1. The topological polar surface area (TPSA) is 45.8 Å². The van der Waals surface area contributed by atoms with Gasteiger partial charge in [0.05, 0.1) is 5.02 Å². The van der Waals surface area contributed by atoms with Crippen molar-refractivity contribution in [2.45, 2.75) is 20.3 Å². The number of Topliss-reactive ketones (excluding diaryl/α,β-unsaturated/α-hetero) is 1. The Kier molecular flexibility index (Phi) is 3.52. The number of aromatic amines is 1. The number of carbonyl (C=O) groups excluding carboxylic acids is 1. The van der Waals surface area contributed by atoms with Gasteiger partial charge < -0.3 is 4.98 Å². The van der Waals surface area contributed by atoms with E-state index in [0.29, 0.717) is 28.0 Å². The van der Waals surface area contributed by atoms with E-state index in [2.05, 4.69) is 29.9 Å². The maximum Gasteiger partial charge on any atom is 0.169 e. The van der Waals surface area contributed by atoms with Gasteiger partial charge in [0.1, 0.15) is 5.65 Å². The van der Waals surface area contributed by atoms with Gasteiger partial charge in [-0.2, -0.15) is 0 Å². The van der Waals surface area contributed by atoms with Crippen LogP contribution in [-0.2, 0) is 6.42 Å². The second-order valence-electron chi connectivity index (χ2n) is 5.24. The molecule has 3 aromatic rings. The smallest absolute Gasteiger partial charge is 0.169 e. The summed E-state index contributed by atoms with van der Waals surface area (Å²) in [5.74, 6) is 0.0411. The van der Waals surface area contributed by atoms with Crippen LogP contribution in [0.5, 0.6) is 0 Å². The lowest BCUT2D eigenvalue weighted by atomic mass is 9.99. The molecule has 3 rings (SSSR count).